The molecule has 1 atom stereocenters. The van der Waals surface area contributed by atoms with Gasteiger partial charge in [-0.25, -0.2) is 9.97 Å². The van der Waals surface area contributed by atoms with Crippen LogP contribution in [0.2, 0.25) is 0 Å². The van der Waals surface area contributed by atoms with Crippen LogP contribution in [-0.2, 0) is 6.42 Å². The Kier molecular flexibility index (Phi) is 3.51. The van der Waals surface area contributed by atoms with E-state index in [1.54, 1.807) is 6.20 Å². The second-order valence-corrected chi connectivity index (χ2v) is 4.28. The molecule has 0 aliphatic carbocycles. The first-order valence-corrected chi connectivity index (χ1v) is 5.79. The standard InChI is InChI=1S/C12H18N4/c1-9(6-7-13)4-5-11-15-10-3-2-8-14-12(10)16-11/h2-3,8-9H,4-7,13H2,1H3,(H,14,15,16). The number of nitrogens with one attached hydrogen (secondary N) is 1. The zero-order valence-corrected chi connectivity index (χ0v) is 9.61. The van der Waals surface area contributed by atoms with Crippen LogP contribution in [0.25, 0.3) is 11.2 Å². The van der Waals surface area contributed by atoms with Gasteiger partial charge in [0.2, 0.25) is 0 Å². The Labute approximate surface area is 95.3 Å². The number of nitrogens with zero attached hydrogens (tertiary/aromatic N) is 2. The van der Waals surface area contributed by atoms with Crippen molar-refractivity contribution in [3.05, 3.63) is 24.2 Å². The highest BCUT2D eigenvalue weighted by Crippen LogP contribution is 2.13. The Morgan fingerprint density at radius 2 is 2.31 bits per heavy atom. The number of imidazole rings is 1. The van der Waals surface area contributed by atoms with Crippen molar-refractivity contribution in [3.63, 3.8) is 0 Å². The highest BCUT2D eigenvalue weighted by Gasteiger charge is 2.05. The average molecular weight is 218 g/mol. The van der Waals surface area contributed by atoms with Gasteiger partial charge in [-0.1, -0.05) is 6.92 Å². The summed E-state index contributed by atoms with van der Waals surface area (Å²) < 4.78 is 0. The van der Waals surface area contributed by atoms with Crippen molar-refractivity contribution in [1.29, 1.82) is 0 Å². The van der Waals surface area contributed by atoms with Crippen LogP contribution in [0.1, 0.15) is 25.6 Å². The van der Waals surface area contributed by atoms with Gasteiger partial charge in [-0.15, -0.1) is 0 Å². The van der Waals surface area contributed by atoms with E-state index in [1.807, 2.05) is 12.1 Å². The molecule has 4 nitrogen and oxygen atoms in total. The van der Waals surface area contributed by atoms with Crippen LogP contribution in [-0.4, -0.2) is 21.5 Å². The van der Waals surface area contributed by atoms with Crippen LogP contribution < -0.4 is 5.73 Å². The highest BCUT2D eigenvalue weighted by atomic mass is 15.0. The molecule has 1 unspecified atom stereocenters. The lowest BCUT2D eigenvalue weighted by Gasteiger charge is -2.07. The second-order valence-electron chi connectivity index (χ2n) is 4.28. The summed E-state index contributed by atoms with van der Waals surface area (Å²) >= 11 is 0. The van der Waals surface area contributed by atoms with E-state index >= 15 is 0 Å². The van der Waals surface area contributed by atoms with Gasteiger partial charge < -0.3 is 10.7 Å². The highest BCUT2D eigenvalue weighted by molar-refractivity contribution is 5.69. The molecule has 2 aromatic heterocycles. The third-order valence-corrected chi connectivity index (χ3v) is 2.84. The molecule has 0 amide bonds. The Balaban J connectivity index is 1.99. The molecule has 2 aromatic rings. The summed E-state index contributed by atoms with van der Waals surface area (Å²) in [5, 5.41) is 0. The predicted molar refractivity (Wildman–Crippen MR) is 65.0 cm³/mol. The minimum atomic E-state index is 0.658. The summed E-state index contributed by atoms with van der Waals surface area (Å²) in [7, 11) is 0. The quantitative estimate of drug-likeness (QED) is 0.805. The smallest absolute Gasteiger partial charge is 0.177 e. The molecule has 0 spiro atoms. The monoisotopic (exact) mass is 218 g/mol. The van der Waals surface area contributed by atoms with Crippen molar-refractivity contribution in [2.24, 2.45) is 11.7 Å². The van der Waals surface area contributed by atoms with Gasteiger partial charge in [0, 0.05) is 12.6 Å². The predicted octanol–water partition coefficient (Wildman–Crippen LogP) is 1.88. The number of hydrogen-bond donors (Lipinski definition) is 2. The molecule has 0 aliphatic rings. The van der Waals surface area contributed by atoms with E-state index in [2.05, 4.69) is 21.9 Å². The fourth-order valence-corrected chi connectivity index (χ4v) is 1.83. The van der Waals surface area contributed by atoms with Gasteiger partial charge in [0.15, 0.2) is 5.65 Å². The summed E-state index contributed by atoms with van der Waals surface area (Å²) in [6.45, 7) is 3.00. The van der Waals surface area contributed by atoms with E-state index in [-0.39, 0.29) is 0 Å². The van der Waals surface area contributed by atoms with Crippen molar-refractivity contribution in [2.75, 3.05) is 6.54 Å². The van der Waals surface area contributed by atoms with E-state index in [0.717, 1.165) is 42.8 Å². The van der Waals surface area contributed by atoms with E-state index in [1.165, 1.54) is 0 Å². The van der Waals surface area contributed by atoms with Crippen LogP contribution in [0.15, 0.2) is 18.3 Å². The van der Waals surface area contributed by atoms with E-state index in [4.69, 9.17) is 5.73 Å². The number of H-pyrrole nitrogens is 1. The fraction of sp³-hybridized carbons (Fsp3) is 0.500. The first-order chi connectivity index (χ1) is 7.79. The molecule has 4 heteroatoms. The minimum absolute atomic E-state index is 0.658. The molecule has 0 fully saturated rings. The normalized spacial score (nSPS) is 13.1. The third-order valence-electron chi connectivity index (χ3n) is 2.84. The van der Waals surface area contributed by atoms with Crippen molar-refractivity contribution >= 4 is 11.2 Å². The lowest BCUT2D eigenvalue weighted by Crippen LogP contribution is -2.06. The zero-order chi connectivity index (χ0) is 11.4. The summed E-state index contributed by atoms with van der Waals surface area (Å²) in [5.74, 6) is 1.68. The third kappa shape index (κ3) is 2.58. The Hall–Kier alpha value is -1.42. The fourth-order valence-electron chi connectivity index (χ4n) is 1.83. The summed E-state index contributed by atoms with van der Waals surface area (Å²) in [5.41, 5.74) is 7.35. The van der Waals surface area contributed by atoms with Crippen LogP contribution >= 0.6 is 0 Å². The average Bonchev–Trinajstić information content (AvgIpc) is 2.69. The number of aryl methyl sites for hydroxylation is 1. The molecule has 86 valence electrons. The Morgan fingerprint density at radius 3 is 3.06 bits per heavy atom. The molecule has 0 aromatic carbocycles. The van der Waals surface area contributed by atoms with Crippen molar-refractivity contribution in [2.45, 2.75) is 26.2 Å². The van der Waals surface area contributed by atoms with Crippen LogP contribution in [0.3, 0.4) is 0 Å². The number of nitrogens with two attached hydrogens (primary N) is 1. The maximum absolute atomic E-state index is 5.53. The lowest BCUT2D eigenvalue weighted by atomic mass is 10.0. The number of aromatic nitrogens is 3. The molecule has 2 rings (SSSR count). The molecule has 16 heavy (non-hydrogen) atoms. The molecular formula is C12H18N4. The molecule has 3 N–H and O–H groups in total. The van der Waals surface area contributed by atoms with Gasteiger partial charge in [0.25, 0.3) is 0 Å². The molecule has 0 radical (unpaired) electrons. The van der Waals surface area contributed by atoms with Gasteiger partial charge in [-0.05, 0) is 37.4 Å². The van der Waals surface area contributed by atoms with Gasteiger partial charge in [0.1, 0.15) is 5.82 Å². The first kappa shape index (κ1) is 11.1. The van der Waals surface area contributed by atoms with Gasteiger partial charge in [0.05, 0.1) is 5.52 Å². The number of hydrogen-bond acceptors (Lipinski definition) is 3. The lowest BCUT2D eigenvalue weighted by molar-refractivity contribution is 0.495. The summed E-state index contributed by atoms with van der Waals surface area (Å²) in [6, 6.07) is 3.92. The molecule has 0 saturated carbocycles. The van der Waals surface area contributed by atoms with E-state index in [0.29, 0.717) is 5.92 Å². The van der Waals surface area contributed by atoms with Gasteiger partial charge in [-0.2, -0.15) is 0 Å². The van der Waals surface area contributed by atoms with E-state index < -0.39 is 0 Å². The Bertz CT molecular complexity index is 416. The number of rotatable bonds is 5. The largest absolute Gasteiger partial charge is 0.341 e. The van der Waals surface area contributed by atoms with Crippen molar-refractivity contribution in [3.8, 4) is 0 Å². The molecule has 0 saturated heterocycles. The SMILES string of the molecule is CC(CCN)CCc1nc2ncccc2[nH]1. The van der Waals surface area contributed by atoms with Crippen molar-refractivity contribution in [1.82, 2.24) is 15.0 Å². The maximum Gasteiger partial charge on any atom is 0.177 e. The Morgan fingerprint density at radius 1 is 1.44 bits per heavy atom. The topological polar surface area (TPSA) is 67.6 Å². The maximum atomic E-state index is 5.53. The van der Waals surface area contributed by atoms with Crippen LogP contribution in [0, 0.1) is 5.92 Å². The molecule has 0 aliphatic heterocycles. The van der Waals surface area contributed by atoms with E-state index in [9.17, 15) is 0 Å². The van der Waals surface area contributed by atoms with Gasteiger partial charge in [-0.3, -0.25) is 0 Å². The minimum Gasteiger partial charge on any atom is -0.341 e. The van der Waals surface area contributed by atoms with Gasteiger partial charge >= 0.3 is 0 Å². The molecule has 2 heterocycles. The number of fused-ring (bicyclic) bond motifs is 1. The number of aromatic amines is 1. The molecular weight excluding hydrogens is 200 g/mol. The second kappa shape index (κ2) is 5.07. The van der Waals surface area contributed by atoms with Crippen LogP contribution in [0.5, 0.6) is 0 Å². The van der Waals surface area contributed by atoms with Crippen molar-refractivity contribution < 1.29 is 0 Å². The summed E-state index contributed by atoms with van der Waals surface area (Å²) in [6.07, 6.45) is 4.94. The number of pyridine rings is 1. The molecule has 0 bridgehead atoms. The van der Waals surface area contributed by atoms with Crippen LogP contribution in [0.4, 0.5) is 0 Å². The zero-order valence-electron chi connectivity index (χ0n) is 9.61. The summed E-state index contributed by atoms with van der Waals surface area (Å²) in [4.78, 5) is 11.9. The first-order valence-electron chi connectivity index (χ1n) is 5.79.